The van der Waals surface area contributed by atoms with Crippen LogP contribution in [0.5, 0.6) is 5.75 Å². The van der Waals surface area contributed by atoms with Gasteiger partial charge in [-0.25, -0.2) is 4.98 Å². The van der Waals surface area contributed by atoms with E-state index >= 15 is 0 Å². The van der Waals surface area contributed by atoms with E-state index in [1.165, 1.54) is 5.56 Å². The number of methoxy groups -OCH3 is 1. The van der Waals surface area contributed by atoms with E-state index < -0.39 is 0 Å². The number of rotatable bonds is 6. The summed E-state index contributed by atoms with van der Waals surface area (Å²) in [6, 6.07) is 12.3. The molecule has 5 heteroatoms. The van der Waals surface area contributed by atoms with Crippen LogP contribution in [0.1, 0.15) is 28.6 Å². The fourth-order valence-electron chi connectivity index (χ4n) is 2.65. The Labute approximate surface area is 142 Å². The van der Waals surface area contributed by atoms with Crippen molar-refractivity contribution in [1.82, 2.24) is 19.9 Å². The second-order valence-electron chi connectivity index (χ2n) is 5.82. The maximum absolute atomic E-state index is 5.21. The fourth-order valence-corrected chi connectivity index (χ4v) is 2.65. The maximum atomic E-state index is 5.21. The first-order chi connectivity index (χ1) is 11.7. The van der Waals surface area contributed by atoms with Gasteiger partial charge in [0.2, 0.25) is 0 Å². The predicted octanol–water partition coefficient (Wildman–Crippen LogP) is 3.01. The van der Waals surface area contributed by atoms with Gasteiger partial charge in [0, 0.05) is 25.5 Å². The lowest BCUT2D eigenvalue weighted by Crippen LogP contribution is -2.24. The Bertz CT molecular complexity index is 778. The average molecular weight is 322 g/mol. The third-order valence-electron chi connectivity index (χ3n) is 4.09. The van der Waals surface area contributed by atoms with Gasteiger partial charge in [-0.15, -0.1) is 0 Å². The molecular formula is C19H22N4O. The largest absolute Gasteiger partial charge is 0.497 e. The number of aryl methyl sites for hydroxylation is 2. The highest BCUT2D eigenvalue weighted by molar-refractivity contribution is 5.29. The van der Waals surface area contributed by atoms with Crippen LogP contribution < -0.4 is 10.1 Å². The molecule has 2 heterocycles. The van der Waals surface area contributed by atoms with Crippen LogP contribution >= 0.6 is 0 Å². The normalized spacial score (nSPS) is 12.1. The van der Waals surface area contributed by atoms with Gasteiger partial charge in [0.15, 0.2) is 0 Å². The van der Waals surface area contributed by atoms with Crippen molar-refractivity contribution in [3.05, 3.63) is 77.6 Å². The van der Waals surface area contributed by atoms with Crippen molar-refractivity contribution >= 4 is 0 Å². The monoisotopic (exact) mass is 322 g/mol. The zero-order valence-electron chi connectivity index (χ0n) is 14.2. The van der Waals surface area contributed by atoms with Crippen LogP contribution in [0.3, 0.4) is 0 Å². The topological polar surface area (TPSA) is 52.0 Å². The van der Waals surface area contributed by atoms with E-state index in [9.17, 15) is 0 Å². The van der Waals surface area contributed by atoms with Crippen molar-refractivity contribution in [2.24, 2.45) is 7.05 Å². The highest BCUT2D eigenvalue weighted by atomic mass is 16.5. The summed E-state index contributed by atoms with van der Waals surface area (Å²) in [5, 5.41) is 3.61. The van der Waals surface area contributed by atoms with Crippen LogP contribution in [0.25, 0.3) is 0 Å². The van der Waals surface area contributed by atoms with Crippen LogP contribution in [-0.4, -0.2) is 21.6 Å². The molecule has 0 saturated carbocycles. The Morgan fingerprint density at radius 1 is 1.12 bits per heavy atom. The minimum Gasteiger partial charge on any atom is -0.497 e. The van der Waals surface area contributed by atoms with Gasteiger partial charge in [-0.3, -0.25) is 4.98 Å². The number of hydrogen-bond donors (Lipinski definition) is 1. The number of hydrogen-bond acceptors (Lipinski definition) is 4. The Balaban J connectivity index is 1.82. The van der Waals surface area contributed by atoms with Crippen LogP contribution in [0, 0.1) is 6.92 Å². The lowest BCUT2D eigenvalue weighted by atomic mass is 10.0. The van der Waals surface area contributed by atoms with E-state index in [0.717, 1.165) is 29.2 Å². The highest BCUT2D eigenvalue weighted by Gasteiger charge is 2.17. The van der Waals surface area contributed by atoms with Crippen molar-refractivity contribution in [2.45, 2.75) is 19.5 Å². The Morgan fingerprint density at radius 2 is 1.92 bits per heavy atom. The second-order valence-corrected chi connectivity index (χ2v) is 5.82. The molecule has 3 rings (SSSR count). The molecule has 24 heavy (non-hydrogen) atoms. The first-order valence-corrected chi connectivity index (χ1v) is 7.92. The van der Waals surface area contributed by atoms with Gasteiger partial charge in [0.05, 0.1) is 31.4 Å². The van der Waals surface area contributed by atoms with E-state index in [1.54, 1.807) is 7.11 Å². The van der Waals surface area contributed by atoms with Crippen LogP contribution in [-0.2, 0) is 13.6 Å². The Kier molecular flexibility index (Phi) is 4.91. The fraction of sp³-hybridized carbons (Fsp3) is 0.263. The molecule has 0 aliphatic carbocycles. The highest BCUT2D eigenvalue weighted by Crippen LogP contribution is 2.22. The van der Waals surface area contributed by atoms with Crippen molar-refractivity contribution in [2.75, 3.05) is 7.11 Å². The molecule has 0 bridgehead atoms. The van der Waals surface area contributed by atoms with Crippen molar-refractivity contribution < 1.29 is 4.74 Å². The van der Waals surface area contributed by atoms with Crippen molar-refractivity contribution in [3.63, 3.8) is 0 Å². The van der Waals surface area contributed by atoms with E-state index in [1.807, 2.05) is 55.5 Å². The molecule has 1 unspecified atom stereocenters. The number of nitrogens with one attached hydrogen (secondary N) is 1. The summed E-state index contributed by atoms with van der Waals surface area (Å²) < 4.78 is 7.24. The molecule has 0 fully saturated rings. The molecule has 3 aromatic rings. The molecule has 0 radical (unpaired) electrons. The maximum Gasteiger partial charge on any atom is 0.118 e. The lowest BCUT2D eigenvalue weighted by Gasteiger charge is -2.20. The molecule has 0 aliphatic rings. The quantitative estimate of drug-likeness (QED) is 0.758. The van der Waals surface area contributed by atoms with Crippen molar-refractivity contribution in [3.8, 4) is 5.75 Å². The molecule has 1 N–H and O–H groups in total. The SMILES string of the molecule is COc1ccc(CNC(c2ccc(C)nc2)c2cncn2C)cc1. The zero-order chi connectivity index (χ0) is 16.9. The van der Waals surface area contributed by atoms with E-state index in [0.29, 0.717) is 0 Å². The molecule has 2 aromatic heterocycles. The van der Waals surface area contributed by atoms with Gasteiger partial charge in [0.25, 0.3) is 0 Å². The number of benzene rings is 1. The van der Waals surface area contributed by atoms with Gasteiger partial charge in [-0.05, 0) is 36.2 Å². The smallest absolute Gasteiger partial charge is 0.118 e. The second kappa shape index (κ2) is 7.27. The number of nitrogens with zero attached hydrogens (tertiary/aromatic N) is 3. The van der Waals surface area contributed by atoms with Crippen molar-refractivity contribution in [1.29, 1.82) is 0 Å². The number of imidazole rings is 1. The Morgan fingerprint density at radius 3 is 2.50 bits per heavy atom. The lowest BCUT2D eigenvalue weighted by molar-refractivity contribution is 0.414. The van der Waals surface area contributed by atoms with E-state index in [2.05, 4.69) is 33.5 Å². The first-order valence-electron chi connectivity index (χ1n) is 7.92. The third kappa shape index (κ3) is 3.63. The van der Waals surface area contributed by atoms with E-state index in [4.69, 9.17) is 4.74 Å². The summed E-state index contributed by atoms with van der Waals surface area (Å²) in [4.78, 5) is 8.68. The summed E-state index contributed by atoms with van der Waals surface area (Å²) in [7, 11) is 3.68. The summed E-state index contributed by atoms with van der Waals surface area (Å²) in [6.45, 7) is 2.74. The first kappa shape index (κ1) is 16.2. The minimum absolute atomic E-state index is 0.0349. The summed E-state index contributed by atoms with van der Waals surface area (Å²) in [5.74, 6) is 0.865. The molecule has 0 spiro atoms. The third-order valence-corrected chi connectivity index (χ3v) is 4.09. The molecule has 5 nitrogen and oxygen atoms in total. The standard InChI is InChI=1S/C19H22N4O/c1-14-4-7-16(11-21-14)19(18-12-20-13-23(18)2)22-10-15-5-8-17(24-3)9-6-15/h4-9,11-13,19,22H,10H2,1-3H3. The van der Waals surface area contributed by atoms with Crippen LogP contribution in [0.15, 0.2) is 55.1 Å². The number of aromatic nitrogens is 3. The van der Waals surface area contributed by atoms with Gasteiger partial charge in [0.1, 0.15) is 5.75 Å². The minimum atomic E-state index is 0.0349. The van der Waals surface area contributed by atoms with Crippen LogP contribution in [0.2, 0.25) is 0 Å². The predicted molar refractivity (Wildman–Crippen MR) is 93.9 cm³/mol. The summed E-state index contributed by atoms with van der Waals surface area (Å²) >= 11 is 0. The number of ether oxygens (including phenoxy) is 1. The van der Waals surface area contributed by atoms with Gasteiger partial charge in [-0.1, -0.05) is 18.2 Å². The molecule has 124 valence electrons. The summed E-state index contributed by atoms with van der Waals surface area (Å²) in [6.07, 6.45) is 5.64. The molecule has 0 aliphatic heterocycles. The molecule has 0 amide bonds. The van der Waals surface area contributed by atoms with E-state index in [-0.39, 0.29) is 6.04 Å². The molecular weight excluding hydrogens is 300 g/mol. The molecule has 1 aromatic carbocycles. The number of pyridine rings is 1. The Hall–Kier alpha value is -2.66. The van der Waals surface area contributed by atoms with Gasteiger partial charge < -0.3 is 14.6 Å². The van der Waals surface area contributed by atoms with Crippen LogP contribution in [0.4, 0.5) is 0 Å². The summed E-state index contributed by atoms with van der Waals surface area (Å²) in [5.41, 5.74) is 4.44. The van der Waals surface area contributed by atoms with Gasteiger partial charge in [-0.2, -0.15) is 0 Å². The molecule has 1 atom stereocenters. The average Bonchev–Trinajstić information content (AvgIpc) is 3.03. The zero-order valence-corrected chi connectivity index (χ0v) is 14.2. The molecule has 0 saturated heterocycles. The van der Waals surface area contributed by atoms with Gasteiger partial charge >= 0.3 is 0 Å².